The van der Waals surface area contributed by atoms with Gasteiger partial charge in [0.15, 0.2) is 0 Å². The number of hydrogen-bond donors (Lipinski definition) is 2. The largest absolute Gasteiger partial charge is 0.381 e. The first-order valence-corrected chi connectivity index (χ1v) is 9.74. The molecule has 2 saturated heterocycles. The Morgan fingerprint density at radius 2 is 1.85 bits per heavy atom. The Morgan fingerprint density at radius 3 is 2.64 bits per heavy atom. The third kappa shape index (κ3) is 4.62. The number of anilines is 1. The monoisotopic (exact) mass is 464 g/mol. The lowest BCUT2D eigenvalue weighted by Gasteiger charge is -2.29. The topological polar surface area (TPSA) is 91.0 Å². The van der Waals surface area contributed by atoms with E-state index in [1.54, 1.807) is 5.32 Å². The predicted octanol–water partition coefficient (Wildman–Crippen LogP) is 1.89. The number of morpholine rings is 1. The Labute approximate surface area is 215 Å². The van der Waals surface area contributed by atoms with E-state index in [9.17, 15) is 14.4 Å². The van der Waals surface area contributed by atoms with Gasteiger partial charge < -0.3 is 15.0 Å². The third-order valence-electron chi connectivity index (χ3n) is 5.00. The maximum atomic E-state index is 13.3. The molecule has 5 rings (SSSR count). The molecule has 0 bridgehead atoms. The average molecular weight is 465 g/mol. The van der Waals surface area contributed by atoms with Gasteiger partial charge in [0.25, 0.3) is 5.91 Å². The SMILES string of the molecule is [2H]C([2H])(Nc1cccc2c1CN(C1C(=O)NC(=O)C([2H])([2H])C1([2H])[2H])C2=O)c1ccc(C([2H])([2H])N2C([2H])([2H])C([2H])([2H])OC([2H])([2H])C2([2H])[2H])cc1. The first kappa shape index (κ1) is 9.95. The van der Waals surface area contributed by atoms with Crippen LogP contribution in [0.3, 0.4) is 0 Å². The quantitative estimate of drug-likeness (QED) is 0.635. The standard InChI is InChI=1S/C25H28N4O4/c30-23-9-8-22(24(31)27-23)29-16-20-19(25(29)32)2-1-3-21(20)26-14-17-4-6-18(7-5-17)15-28-10-12-33-13-11-28/h1-7,22,26H,8-16H2,(H,27,30,31)/i8D2,9D2,10D2,11D2,12D2,13D2,14D2,15D2. The van der Waals surface area contributed by atoms with Crippen LogP contribution < -0.4 is 10.6 Å². The summed E-state index contributed by atoms with van der Waals surface area (Å²) < 4.78 is 135. The fourth-order valence-corrected chi connectivity index (χ4v) is 3.45. The molecule has 2 aromatic rings. The second-order valence-electron chi connectivity index (χ2n) is 7.06. The molecule has 3 aliphatic heterocycles. The molecule has 0 aliphatic carbocycles. The van der Waals surface area contributed by atoms with E-state index in [2.05, 4.69) is 10.1 Å². The molecule has 2 N–H and O–H groups in total. The molecule has 1 atom stereocenters. The van der Waals surface area contributed by atoms with Crippen molar-refractivity contribution in [2.45, 2.75) is 38.3 Å². The Bertz CT molecular complexity index is 1710. The van der Waals surface area contributed by atoms with Crippen molar-refractivity contribution in [3.8, 4) is 0 Å². The highest BCUT2D eigenvalue weighted by molar-refractivity contribution is 6.06. The van der Waals surface area contributed by atoms with Gasteiger partial charge in [-0.3, -0.25) is 24.6 Å². The van der Waals surface area contributed by atoms with Crippen LogP contribution >= 0.6 is 0 Å². The number of carbonyl (C=O) groups is 3. The number of ether oxygens (including phenoxy) is 1. The predicted molar refractivity (Wildman–Crippen MR) is 122 cm³/mol. The number of nitrogens with zero attached hydrogens (tertiary/aromatic N) is 2. The number of benzene rings is 2. The molecule has 33 heavy (non-hydrogen) atoms. The van der Waals surface area contributed by atoms with Gasteiger partial charge in [0.2, 0.25) is 11.8 Å². The molecule has 0 radical (unpaired) electrons. The zero-order valence-corrected chi connectivity index (χ0v) is 16.9. The molecule has 3 heterocycles. The summed E-state index contributed by atoms with van der Waals surface area (Å²) in [4.78, 5) is 38.6. The van der Waals surface area contributed by atoms with Crippen LogP contribution in [0.25, 0.3) is 0 Å². The summed E-state index contributed by atoms with van der Waals surface area (Å²) in [5.41, 5.74) is -0.592. The average Bonchev–Trinajstić information content (AvgIpc) is 3.27. The Hall–Kier alpha value is -3.23. The minimum absolute atomic E-state index is 0.00722. The van der Waals surface area contributed by atoms with E-state index < -0.39 is 87.7 Å². The third-order valence-corrected chi connectivity index (χ3v) is 5.00. The second-order valence-corrected chi connectivity index (χ2v) is 7.06. The van der Waals surface area contributed by atoms with Gasteiger partial charge in [-0.15, -0.1) is 0 Å². The maximum absolute atomic E-state index is 13.3. The van der Waals surface area contributed by atoms with Gasteiger partial charge >= 0.3 is 0 Å². The minimum atomic E-state index is -3.55. The van der Waals surface area contributed by atoms with Crippen molar-refractivity contribution in [2.24, 2.45) is 0 Å². The molecule has 2 aromatic carbocycles. The summed E-state index contributed by atoms with van der Waals surface area (Å²) in [6, 6.07) is 6.11. The number of rotatable bonds is 6. The molecule has 2 fully saturated rings. The molecule has 172 valence electrons. The van der Waals surface area contributed by atoms with Crippen LogP contribution in [0.4, 0.5) is 5.69 Å². The van der Waals surface area contributed by atoms with E-state index >= 15 is 0 Å². The summed E-state index contributed by atoms with van der Waals surface area (Å²) in [6.07, 6.45) is -6.31. The van der Waals surface area contributed by atoms with Crippen LogP contribution in [0.1, 0.15) is 61.7 Å². The summed E-state index contributed by atoms with van der Waals surface area (Å²) in [5, 5.41) is 4.35. The minimum Gasteiger partial charge on any atom is -0.381 e. The van der Waals surface area contributed by atoms with Crippen molar-refractivity contribution in [1.82, 2.24) is 15.1 Å². The van der Waals surface area contributed by atoms with Crippen molar-refractivity contribution in [3.63, 3.8) is 0 Å². The lowest BCUT2D eigenvalue weighted by Crippen LogP contribution is -2.52. The normalized spacial score (nSPS) is 38.4. The fourth-order valence-electron chi connectivity index (χ4n) is 3.45. The maximum Gasteiger partial charge on any atom is 0.255 e. The lowest BCUT2D eigenvalue weighted by atomic mass is 10.0. The molecule has 8 nitrogen and oxygen atoms in total. The van der Waals surface area contributed by atoms with Gasteiger partial charge in [0.1, 0.15) is 6.04 Å². The van der Waals surface area contributed by atoms with Crippen LogP contribution in [0.2, 0.25) is 0 Å². The van der Waals surface area contributed by atoms with E-state index in [4.69, 9.17) is 21.9 Å². The highest BCUT2D eigenvalue weighted by Crippen LogP contribution is 2.32. The number of nitrogens with one attached hydrogen (secondary N) is 2. The van der Waals surface area contributed by atoms with Gasteiger partial charge in [0, 0.05) is 69.4 Å². The Kier molecular flexibility index (Phi) is 2.81. The van der Waals surface area contributed by atoms with Crippen LogP contribution in [-0.4, -0.2) is 59.7 Å². The van der Waals surface area contributed by atoms with Crippen molar-refractivity contribution in [2.75, 3.05) is 31.4 Å². The Morgan fingerprint density at radius 1 is 1.09 bits per heavy atom. The summed E-state index contributed by atoms with van der Waals surface area (Å²) in [6.45, 7) is -20.3. The lowest BCUT2D eigenvalue weighted by molar-refractivity contribution is -0.136. The summed E-state index contributed by atoms with van der Waals surface area (Å²) >= 11 is 0. The molecule has 3 aliphatic rings. The van der Waals surface area contributed by atoms with E-state index in [-0.39, 0.29) is 27.3 Å². The van der Waals surface area contributed by atoms with E-state index in [1.165, 1.54) is 18.2 Å². The van der Waals surface area contributed by atoms with Gasteiger partial charge in [-0.2, -0.15) is 0 Å². The number of imide groups is 1. The van der Waals surface area contributed by atoms with Gasteiger partial charge in [-0.25, -0.2) is 0 Å². The highest BCUT2D eigenvalue weighted by Gasteiger charge is 2.39. The number of amides is 3. The van der Waals surface area contributed by atoms with E-state index in [0.717, 1.165) is 29.2 Å². The van der Waals surface area contributed by atoms with Crippen LogP contribution in [0.5, 0.6) is 0 Å². The first-order valence-electron chi connectivity index (χ1n) is 17.7. The van der Waals surface area contributed by atoms with Crippen molar-refractivity contribution < 1.29 is 41.1 Å². The van der Waals surface area contributed by atoms with Crippen molar-refractivity contribution in [3.05, 3.63) is 64.7 Å². The van der Waals surface area contributed by atoms with Gasteiger partial charge in [0.05, 0.1) is 21.3 Å². The number of hydrogen-bond acceptors (Lipinski definition) is 6. The van der Waals surface area contributed by atoms with Gasteiger partial charge in [-0.1, -0.05) is 30.3 Å². The van der Waals surface area contributed by atoms with Gasteiger partial charge in [-0.05, 0) is 29.6 Å². The molecular formula is C25H28N4O4. The van der Waals surface area contributed by atoms with E-state index in [0.29, 0.717) is 0 Å². The molecule has 0 saturated carbocycles. The molecule has 0 spiro atoms. The first-order chi connectivity index (χ1) is 22.1. The number of carbonyl (C=O) groups excluding carboxylic acids is 3. The fraction of sp³-hybridized carbons (Fsp3) is 0.400. The molecular weight excluding hydrogens is 420 g/mol. The van der Waals surface area contributed by atoms with Crippen molar-refractivity contribution in [1.29, 1.82) is 0 Å². The molecule has 3 amide bonds. The number of piperidine rings is 1. The van der Waals surface area contributed by atoms with Crippen LogP contribution in [0.15, 0.2) is 42.5 Å². The molecule has 0 aromatic heterocycles. The second kappa shape index (κ2) is 9.33. The zero-order valence-electron chi connectivity index (χ0n) is 32.9. The Balaban J connectivity index is 1.44. The summed E-state index contributed by atoms with van der Waals surface area (Å²) in [7, 11) is 0. The smallest absolute Gasteiger partial charge is 0.255 e. The number of fused-ring (bicyclic) bond motifs is 1. The zero-order chi connectivity index (χ0) is 37.1. The van der Waals surface area contributed by atoms with E-state index in [1.807, 2.05) is 0 Å². The van der Waals surface area contributed by atoms with Crippen LogP contribution in [0, 0.1) is 0 Å². The molecule has 1 unspecified atom stereocenters. The summed E-state index contributed by atoms with van der Waals surface area (Å²) in [5.74, 6) is -3.61. The van der Waals surface area contributed by atoms with Crippen molar-refractivity contribution >= 4 is 23.4 Å². The van der Waals surface area contributed by atoms with Crippen LogP contribution in [-0.2, 0) is 33.9 Å². The molecule has 8 heteroatoms. The highest BCUT2D eigenvalue weighted by atomic mass is 16.5.